The van der Waals surface area contributed by atoms with E-state index in [1.165, 1.54) is 17.3 Å². The van der Waals surface area contributed by atoms with Gasteiger partial charge in [-0.3, -0.25) is 4.79 Å². The highest BCUT2D eigenvalue weighted by Crippen LogP contribution is 2.31. The first-order chi connectivity index (χ1) is 14.6. The monoisotopic (exact) mass is 423 g/mol. The molecule has 0 atom stereocenters. The normalized spacial score (nSPS) is 11.0. The summed E-state index contributed by atoms with van der Waals surface area (Å²) in [4.78, 5) is 16.0. The Hall–Kier alpha value is -3.26. The summed E-state index contributed by atoms with van der Waals surface area (Å²) in [7, 11) is 3.15. The Balaban J connectivity index is 1.49. The fourth-order valence-corrected chi connectivity index (χ4v) is 3.91. The van der Waals surface area contributed by atoms with E-state index in [1.54, 1.807) is 38.6 Å². The van der Waals surface area contributed by atoms with E-state index in [0.717, 1.165) is 17.3 Å². The number of hydrogen-bond donors (Lipinski definition) is 1. The molecule has 2 aromatic carbocycles. The number of hydrogen-bond acceptors (Lipinski definition) is 7. The van der Waals surface area contributed by atoms with Crippen LogP contribution in [0.5, 0.6) is 11.5 Å². The van der Waals surface area contributed by atoms with Gasteiger partial charge in [0.1, 0.15) is 11.5 Å². The summed E-state index contributed by atoms with van der Waals surface area (Å²) in [6, 6.07) is 11.3. The zero-order valence-corrected chi connectivity index (χ0v) is 17.7. The van der Waals surface area contributed by atoms with Crippen molar-refractivity contribution in [3.05, 3.63) is 53.7 Å². The molecule has 8 heteroatoms. The molecule has 154 valence electrons. The van der Waals surface area contributed by atoms with E-state index < -0.39 is 0 Å². The maximum Gasteiger partial charge on any atom is 0.277 e. The van der Waals surface area contributed by atoms with Crippen LogP contribution in [-0.2, 0) is 6.42 Å². The number of aromatic nitrogens is 3. The average molecular weight is 423 g/mol. The highest BCUT2D eigenvalue weighted by atomic mass is 32.2. The largest absolute Gasteiger partial charge is 0.497 e. The molecular formula is C22H21N3O4S. The predicted octanol–water partition coefficient (Wildman–Crippen LogP) is 4.77. The van der Waals surface area contributed by atoms with Gasteiger partial charge < -0.3 is 18.9 Å². The van der Waals surface area contributed by atoms with Crippen molar-refractivity contribution in [1.82, 2.24) is 15.2 Å². The molecule has 30 heavy (non-hydrogen) atoms. The molecule has 0 aliphatic carbocycles. The first kappa shape index (κ1) is 20.0. The van der Waals surface area contributed by atoms with Crippen molar-refractivity contribution in [3.8, 4) is 23.0 Å². The number of nitrogens with one attached hydrogen (secondary N) is 1. The van der Waals surface area contributed by atoms with Crippen molar-refractivity contribution in [1.29, 1.82) is 0 Å². The first-order valence-corrected chi connectivity index (χ1v) is 10.4. The molecule has 0 amide bonds. The number of H-pyrrole nitrogens is 1. The minimum Gasteiger partial charge on any atom is -0.497 e. The Morgan fingerprint density at radius 2 is 1.90 bits per heavy atom. The first-order valence-electron chi connectivity index (χ1n) is 9.44. The molecule has 0 spiro atoms. The second-order valence-corrected chi connectivity index (χ2v) is 7.51. The van der Waals surface area contributed by atoms with Crippen LogP contribution in [0.2, 0.25) is 0 Å². The van der Waals surface area contributed by atoms with E-state index in [1.807, 2.05) is 12.1 Å². The van der Waals surface area contributed by atoms with Crippen LogP contribution in [-0.4, -0.2) is 40.9 Å². The molecule has 0 unspecified atom stereocenters. The van der Waals surface area contributed by atoms with E-state index >= 15 is 0 Å². The summed E-state index contributed by atoms with van der Waals surface area (Å²) in [6.45, 7) is 2.10. The number of carbonyl (C=O) groups excluding carboxylic acids is 1. The lowest BCUT2D eigenvalue weighted by molar-refractivity contribution is 0.102. The van der Waals surface area contributed by atoms with Crippen molar-refractivity contribution in [2.45, 2.75) is 18.6 Å². The average Bonchev–Trinajstić information content (AvgIpc) is 3.44. The molecule has 7 nitrogen and oxygen atoms in total. The third-order valence-corrected chi connectivity index (χ3v) is 5.63. The Bertz CT molecular complexity index is 1180. The predicted molar refractivity (Wildman–Crippen MR) is 116 cm³/mol. The number of ether oxygens (including phenoxy) is 2. The van der Waals surface area contributed by atoms with Gasteiger partial charge in [-0.25, -0.2) is 0 Å². The van der Waals surface area contributed by atoms with Crippen LogP contribution in [0.15, 0.2) is 52.2 Å². The highest BCUT2D eigenvalue weighted by molar-refractivity contribution is 7.99. The van der Waals surface area contributed by atoms with Crippen molar-refractivity contribution in [2.75, 3.05) is 20.0 Å². The summed E-state index contributed by atoms with van der Waals surface area (Å²) in [6.07, 6.45) is 2.68. The third-order valence-electron chi connectivity index (χ3n) is 4.81. The van der Waals surface area contributed by atoms with Gasteiger partial charge >= 0.3 is 0 Å². The molecule has 0 saturated carbocycles. The van der Waals surface area contributed by atoms with Gasteiger partial charge in [0.05, 0.1) is 20.0 Å². The summed E-state index contributed by atoms with van der Waals surface area (Å²) in [5.74, 6) is 1.78. The van der Waals surface area contributed by atoms with Crippen LogP contribution >= 0.6 is 11.8 Å². The van der Waals surface area contributed by atoms with Gasteiger partial charge in [-0.2, -0.15) is 0 Å². The third kappa shape index (κ3) is 3.91. The Morgan fingerprint density at radius 1 is 1.13 bits per heavy atom. The molecule has 2 heterocycles. The van der Waals surface area contributed by atoms with Crippen LogP contribution < -0.4 is 9.47 Å². The SMILES string of the molecule is CCc1cccc2c(C(=O)CSc3nnc(-c4cc(OC)cc(OC)c4)o3)c[nH]c12. The fraction of sp³-hybridized carbons (Fsp3) is 0.227. The van der Waals surface area contributed by atoms with Gasteiger partial charge in [-0.05, 0) is 24.1 Å². The lowest BCUT2D eigenvalue weighted by Crippen LogP contribution is -2.01. The summed E-state index contributed by atoms with van der Waals surface area (Å²) in [5, 5.41) is 9.40. The fourth-order valence-electron chi connectivity index (χ4n) is 3.26. The second-order valence-electron chi connectivity index (χ2n) is 6.58. The minimum atomic E-state index is 0.00213. The maximum atomic E-state index is 12.8. The molecule has 0 bridgehead atoms. The molecule has 1 N–H and O–H groups in total. The van der Waals surface area contributed by atoms with Crippen LogP contribution in [0.3, 0.4) is 0 Å². The van der Waals surface area contributed by atoms with Crippen LogP contribution in [0.25, 0.3) is 22.4 Å². The molecule has 0 aliphatic heterocycles. The number of ketones is 1. The summed E-state index contributed by atoms with van der Waals surface area (Å²) >= 11 is 1.21. The van der Waals surface area contributed by atoms with Gasteiger partial charge in [0.25, 0.3) is 5.22 Å². The number of rotatable bonds is 8. The smallest absolute Gasteiger partial charge is 0.277 e. The topological polar surface area (TPSA) is 90.2 Å². The van der Waals surface area contributed by atoms with E-state index in [0.29, 0.717) is 33.7 Å². The summed E-state index contributed by atoms with van der Waals surface area (Å²) < 4.78 is 16.3. The maximum absolute atomic E-state index is 12.8. The van der Waals surface area contributed by atoms with Crippen LogP contribution in [0.1, 0.15) is 22.8 Å². The Labute approximate surface area is 177 Å². The standard InChI is InChI=1S/C22H21N3O4S/c1-4-13-6-5-7-17-18(11-23-20(13)17)19(26)12-30-22-25-24-21(29-22)14-8-15(27-2)10-16(9-14)28-3/h5-11,23H,4,12H2,1-3H3. The zero-order chi connectivity index (χ0) is 21.1. The number of benzene rings is 2. The van der Waals surface area contributed by atoms with E-state index in [-0.39, 0.29) is 11.5 Å². The quantitative estimate of drug-likeness (QED) is 0.322. The number of Topliss-reactive ketones (excluding diaryl/α,β-unsaturated/α-hetero) is 1. The van der Waals surface area contributed by atoms with Gasteiger partial charge in [0, 0.05) is 34.3 Å². The molecule has 0 radical (unpaired) electrons. The number of thioether (sulfide) groups is 1. The molecular weight excluding hydrogens is 402 g/mol. The highest BCUT2D eigenvalue weighted by Gasteiger charge is 2.17. The Morgan fingerprint density at radius 3 is 2.60 bits per heavy atom. The van der Waals surface area contributed by atoms with Crippen molar-refractivity contribution < 1.29 is 18.7 Å². The molecule has 0 fully saturated rings. The number of aromatic amines is 1. The number of carbonyl (C=O) groups is 1. The van der Waals surface area contributed by atoms with Crippen molar-refractivity contribution in [2.24, 2.45) is 0 Å². The zero-order valence-electron chi connectivity index (χ0n) is 16.9. The van der Waals surface area contributed by atoms with E-state index in [9.17, 15) is 4.79 Å². The molecule has 0 aliphatic rings. The van der Waals surface area contributed by atoms with E-state index in [4.69, 9.17) is 13.9 Å². The van der Waals surface area contributed by atoms with Gasteiger partial charge in [-0.1, -0.05) is 36.9 Å². The number of methoxy groups -OCH3 is 2. The lowest BCUT2D eigenvalue weighted by atomic mass is 10.1. The number of fused-ring (bicyclic) bond motifs is 1. The molecule has 2 aromatic heterocycles. The number of para-hydroxylation sites is 1. The lowest BCUT2D eigenvalue weighted by Gasteiger charge is -2.05. The summed E-state index contributed by atoms with van der Waals surface area (Å²) in [5.41, 5.74) is 3.56. The minimum absolute atomic E-state index is 0.00213. The Kier molecular flexibility index (Phi) is 5.76. The molecule has 0 saturated heterocycles. The van der Waals surface area contributed by atoms with Crippen molar-refractivity contribution in [3.63, 3.8) is 0 Å². The van der Waals surface area contributed by atoms with Crippen LogP contribution in [0.4, 0.5) is 0 Å². The molecule has 4 aromatic rings. The van der Waals surface area contributed by atoms with Gasteiger partial charge in [0.2, 0.25) is 5.89 Å². The second kappa shape index (κ2) is 8.62. The van der Waals surface area contributed by atoms with Crippen LogP contribution in [0, 0.1) is 0 Å². The van der Waals surface area contributed by atoms with Gasteiger partial charge in [-0.15, -0.1) is 10.2 Å². The molecule has 4 rings (SSSR count). The van der Waals surface area contributed by atoms with Crippen molar-refractivity contribution >= 4 is 28.4 Å². The number of aryl methyl sites for hydroxylation is 1. The number of nitrogens with zero attached hydrogens (tertiary/aromatic N) is 2. The van der Waals surface area contributed by atoms with E-state index in [2.05, 4.69) is 28.2 Å². The van der Waals surface area contributed by atoms with Gasteiger partial charge in [0.15, 0.2) is 5.78 Å².